The van der Waals surface area contributed by atoms with Crippen LogP contribution in [0.2, 0.25) is 0 Å². The fourth-order valence-electron chi connectivity index (χ4n) is 2.81. The Morgan fingerprint density at radius 1 is 0.963 bits per heavy atom. The Labute approximate surface area is 157 Å². The molecule has 0 atom stereocenters. The number of nitrogens with zero attached hydrogens (tertiary/aromatic N) is 3. The van der Waals surface area contributed by atoms with Gasteiger partial charge in [-0.05, 0) is 41.8 Å². The van der Waals surface area contributed by atoms with Crippen LogP contribution in [0.3, 0.4) is 0 Å². The van der Waals surface area contributed by atoms with Gasteiger partial charge >= 0.3 is 0 Å². The van der Waals surface area contributed by atoms with Gasteiger partial charge in [-0.15, -0.1) is 0 Å². The minimum Gasteiger partial charge on any atom is -0.497 e. The maximum Gasteiger partial charge on any atom is 0.276 e. The molecule has 0 saturated heterocycles. The zero-order chi connectivity index (χ0) is 18.8. The minimum atomic E-state index is 0.401. The van der Waals surface area contributed by atoms with E-state index in [4.69, 9.17) is 9.26 Å². The van der Waals surface area contributed by atoms with Crippen LogP contribution >= 0.6 is 0 Å². The van der Waals surface area contributed by atoms with Crippen molar-refractivity contribution in [2.75, 3.05) is 7.11 Å². The third-order valence-corrected chi connectivity index (χ3v) is 4.46. The second kappa shape index (κ2) is 7.07. The number of aromatic amines is 1. The summed E-state index contributed by atoms with van der Waals surface area (Å²) < 4.78 is 10.6. The number of hydrogen-bond acceptors (Lipinski definition) is 5. The van der Waals surface area contributed by atoms with Crippen molar-refractivity contribution in [3.63, 3.8) is 0 Å². The van der Waals surface area contributed by atoms with E-state index in [-0.39, 0.29) is 0 Å². The Morgan fingerprint density at radius 2 is 1.67 bits per heavy atom. The van der Waals surface area contributed by atoms with Gasteiger partial charge in [0.25, 0.3) is 5.89 Å². The normalized spacial score (nSPS) is 11.1. The predicted octanol–water partition coefficient (Wildman–Crippen LogP) is 4.93. The zero-order valence-corrected chi connectivity index (χ0v) is 15.4. The molecule has 0 aliphatic carbocycles. The molecular weight excluding hydrogens is 340 g/mol. The number of aromatic nitrogens is 4. The summed E-state index contributed by atoms with van der Waals surface area (Å²) in [5, 5.41) is 11.4. The van der Waals surface area contributed by atoms with Crippen LogP contribution in [-0.4, -0.2) is 27.4 Å². The molecule has 4 rings (SSSR count). The first-order valence-corrected chi connectivity index (χ1v) is 8.78. The summed E-state index contributed by atoms with van der Waals surface area (Å²) in [7, 11) is 1.63. The van der Waals surface area contributed by atoms with Crippen LogP contribution < -0.4 is 4.74 Å². The van der Waals surface area contributed by atoms with Crippen molar-refractivity contribution < 1.29 is 9.26 Å². The van der Waals surface area contributed by atoms with E-state index in [2.05, 4.69) is 58.5 Å². The molecule has 0 aliphatic rings. The molecule has 6 heteroatoms. The third kappa shape index (κ3) is 3.46. The van der Waals surface area contributed by atoms with Crippen LogP contribution in [0.15, 0.2) is 59.1 Å². The van der Waals surface area contributed by atoms with Gasteiger partial charge in [-0.25, -0.2) is 0 Å². The van der Waals surface area contributed by atoms with Crippen LogP contribution in [-0.2, 0) is 0 Å². The lowest BCUT2D eigenvalue weighted by molar-refractivity contribution is 0.414. The first kappa shape index (κ1) is 17.0. The molecule has 0 radical (unpaired) electrons. The number of hydrogen-bond donors (Lipinski definition) is 1. The van der Waals surface area contributed by atoms with Crippen molar-refractivity contribution in [2.24, 2.45) is 0 Å². The van der Waals surface area contributed by atoms with E-state index in [9.17, 15) is 0 Å². The highest BCUT2D eigenvalue weighted by Crippen LogP contribution is 2.26. The molecule has 0 fully saturated rings. The SMILES string of the molecule is COc1ccc(-c2noc(-c3cc(-c4ccc(C(C)C)cc4)n[nH]3)n2)cc1. The Balaban J connectivity index is 1.57. The lowest BCUT2D eigenvalue weighted by atomic mass is 10.0. The highest BCUT2D eigenvalue weighted by atomic mass is 16.5. The number of nitrogens with one attached hydrogen (secondary N) is 1. The maximum absolute atomic E-state index is 5.40. The molecule has 4 aromatic rings. The zero-order valence-electron chi connectivity index (χ0n) is 15.4. The molecule has 136 valence electrons. The van der Waals surface area contributed by atoms with Gasteiger partial charge in [0.2, 0.25) is 5.82 Å². The Bertz CT molecular complexity index is 1030. The molecular formula is C21H20N4O2. The van der Waals surface area contributed by atoms with Crippen LogP contribution in [0.1, 0.15) is 25.3 Å². The summed E-state index contributed by atoms with van der Waals surface area (Å²) in [5.41, 5.74) is 4.72. The van der Waals surface area contributed by atoms with Crippen LogP contribution in [0.4, 0.5) is 0 Å². The topological polar surface area (TPSA) is 76.8 Å². The number of rotatable bonds is 5. The Morgan fingerprint density at radius 3 is 2.33 bits per heavy atom. The van der Waals surface area contributed by atoms with Gasteiger partial charge in [-0.2, -0.15) is 10.1 Å². The molecule has 2 aromatic carbocycles. The number of H-pyrrole nitrogens is 1. The van der Waals surface area contributed by atoms with E-state index >= 15 is 0 Å². The van der Waals surface area contributed by atoms with Crippen molar-refractivity contribution in [1.82, 2.24) is 20.3 Å². The van der Waals surface area contributed by atoms with E-state index in [1.165, 1.54) is 5.56 Å². The van der Waals surface area contributed by atoms with Gasteiger partial charge < -0.3 is 9.26 Å². The molecule has 0 amide bonds. The van der Waals surface area contributed by atoms with E-state index in [0.717, 1.165) is 22.6 Å². The van der Waals surface area contributed by atoms with Crippen molar-refractivity contribution in [3.05, 3.63) is 60.2 Å². The summed E-state index contributed by atoms with van der Waals surface area (Å²) in [5.74, 6) is 2.20. The van der Waals surface area contributed by atoms with Gasteiger partial charge in [0.1, 0.15) is 11.4 Å². The smallest absolute Gasteiger partial charge is 0.276 e. The monoisotopic (exact) mass is 360 g/mol. The summed E-state index contributed by atoms with van der Waals surface area (Å²) in [6, 6.07) is 17.8. The van der Waals surface area contributed by atoms with Gasteiger partial charge in [0.05, 0.1) is 12.8 Å². The van der Waals surface area contributed by atoms with Gasteiger partial charge in [-0.3, -0.25) is 5.10 Å². The van der Waals surface area contributed by atoms with E-state index in [1.807, 2.05) is 30.3 Å². The lowest BCUT2D eigenvalue weighted by Gasteiger charge is -2.05. The van der Waals surface area contributed by atoms with E-state index < -0.39 is 0 Å². The summed E-state index contributed by atoms with van der Waals surface area (Å²) in [4.78, 5) is 4.46. The van der Waals surface area contributed by atoms with Crippen molar-refractivity contribution in [1.29, 1.82) is 0 Å². The molecule has 0 unspecified atom stereocenters. The average molecular weight is 360 g/mol. The van der Waals surface area contributed by atoms with Crippen molar-refractivity contribution >= 4 is 0 Å². The quantitative estimate of drug-likeness (QED) is 0.546. The number of benzene rings is 2. The van der Waals surface area contributed by atoms with Crippen molar-refractivity contribution in [2.45, 2.75) is 19.8 Å². The molecule has 0 aliphatic heterocycles. The minimum absolute atomic E-state index is 0.401. The molecule has 6 nitrogen and oxygen atoms in total. The second-order valence-electron chi connectivity index (χ2n) is 6.60. The Kier molecular flexibility index (Phi) is 4.46. The third-order valence-electron chi connectivity index (χ3n) is 4.46. The summed E-state index contributed by atoms with van der Waals surface area (Å²) in [6.07, 6.45) is 0. The lowest BCUT2D eigenvalue weighted by Crippen LogP contribution is -1.86. The molecule has 1 N–H and O–H groups in total. The van der Waals surface area contributed by atoms with Crippen LogP contribution in [0, 0.1) is 0 Å². The van der Waals surface area contributed by atoms with Gasteiger partial charge in [-0.1, -0.05) is 43.3 Å². The molecule has 0 bridgehead atoms. The second-order valence-corrected chi connectivity index (χ2v) is 6.60. The molecule has 0 saturated carbocycles. The van der Waals surface area contributed by atoms with Gasteiger partial charge in [0, 0.05) is 11.1 Å². The standard InChI is InChI=1S/C21H20N4O2/c1-13(2)14-4-6-15(7-5-14)18-12-19(24-23-18)21-22-20(25-27-21)16-8-10-17(26-3)11-9-16/h4-13H,1-3H3,(H,23,24). The molecule has 27 heavy (non-hydrogen) atoms. The predicted molar refractivity (Wildman–Crippen MR) is 103 cm³/mol. The summed E-state index contributed by atoms with van der Waals surface area (Å²) in [6.45, 7) is 4.36. The first-order valence-electron chi connectivity index (χ1n) is 8.78. The average Bonchev–Trinajstić information content (AvgIpc) is 3.38. The van der Waals surface area contributed by atoms with Gasteiger partial charge in [0.15, 0.2) is 0 Å². The highest BCUT2D eigenvalue weighted by molar-refractivity contribution is 5.66. The van der Waals surface area contributed by atoms with E-state index in [1.54, 1.807) is 7.11 Å². The van der Waals surface area contributed by atoms with E-state index in [0.29, 0.717) is 23.3 Å². The molecule has 2 heterocycles. The number of ether oxygens (including phenoxy) is 1. The van der Waals surface area contributed by atoms with Crippen molar-refractivity contribution in [3.8, 4) is 40.0 Å². The molecule has 0 spiro atoms. The van der Waals surface area contributed by atoms with Crippen LogP contribution in [0.25, 0.3) is 34.2 Å². The maximum atomic E-state index is 5.40. The fourth-order valence-corrected chi connectivity index (χ4v) is 2.81. The summed E-state index contributed by atoms with van der Waals surface area (Å²) >= 11 is 0. The fraction of sp³-hybridized carbons (Fsp3) is 0.190. The Hall–Kier alpha value is -3.41. The number of methoxy groups -OCH3 is 1. The first-order chi connectivity index (χ1) is 13.1. The molecule has 2 aromatic heterocycles. The largest absolute Gasteiger partial charge is 0.497 e. The highest BCUT2D eigenvalue weighted by Gasteiger charge is 2.14. The van der Waals surface area contributed by atoms with Crippen LogP contribution in [0.5, 0.6) is 5.75 Å².